The van der Waals surface area contributed by atoms with Crippen LogP contribution in [0.3, 0.4) is 0 Å². The minimum atomic E-state index is -1.11. The third kappa shape index (κ3) is 4.84. The fourth-order valence-corrected chi connectivity index (χ4v) is 2.25. The Kier molecular flexibility index (Phi) is 5.82. The highest BCUT2D eigenvalue weighted by atomic mass is 19.1. The van der Waals surface area contributed by atoms with Crippen LogP contribution in [0.15, 0.2) is 42.5 Å². The molecule has 0 aliphatic rings. The molecule has 25 heavy (non-hydrogen) atoms. The van der Waals surface area contributed by atoms with E-state index in [2.05, 4.69) is 10.6 Å². The third-order valence-corrected chi connectivity index (χ3v) is 3.69. The number of rotatable bonds is 4. The summed E-state index contributed by atoms with van der Waals surface area (Å²) in [5.74, 6) is -2.78. The number of amides is 2. The van der Waals surface area contributed by atoms with Gasteiger partial charge in [0.05, 0.1) is 12.1 Å². The first kappa shape index (κ1) is 18.5. The predicted molar refractivity (Wildman–Crippen MR) is 88.7 cm³/mol. The Bertz CT molecular complexity index is 778. The Labute approximate surface area is 143 Å². The number of carbonyl (C=O) groups excluding carboxylic acids is 2. The molecule has 0 spiro atoms. The maximum absolute atomic E-state index is 13.0. The molecule has 0 bridgehead atoms. The summed E-state index contributed by atoms with van der Waals surface area (Å²) in [6.07, 6.45) is -1.11. The van der Waals surface area contributed by atoms with Gasteiger partial charge in [-0.25, -0.2) is 8.78 Å². The monoisotopic (exact) mass is 348 g/mol. The van der Waals surface area contributed by atoms with E-state index in [0.717, 1.165) is 0 Å². The van der Waals surface area contributed by atoms with E-state index in [1.54, 1.807) is 6.92 Å². The molecule has 0 aromatic heterocycles. The smallest absolute Gasteiger partial charge is 0.313 e. The average molecular weight is 348 g/mol. The number of halogens is 2. The fourth-order valence-electron chi connectivity index (χ4n) is 2.25. The van der Waals surface area contributed by atoms with Crippen LogP contribution in [0.2, 0.25) is 0 Å². The van der Waals surface area contributed by atoms with E-state index < -0.39 is 35.6 Å². The third-order valence-electron chi connectivity index (χ3n) is 3.69. The van der Waals surface area contributed by atoms with Crippen LogP contribution in [0.5, 0.6) is 0 Å². The number of aliphatic hydroxyl groups excluding tert-OH is 1. The number of hydrogen-bond donors (Lipinski definition) is 3. The molecule has 0 saturated heterocycles. The van der Waals surface area contributed by atoms with Crippen LogP contribution in [0.25, 0.3) is 0 Å². The van der Waals surface area contributed by atoms with Crippen molar-refractivity contribution in [2.45, 2.75) is 26.0 Å². The van der Waals surface area contributed by atoms with Crippen LogP contribution in [-0.4, -0.2) is 23.0 Å². The van der Waals surface area contributed by atoms with Gasteiger partial charge in [-0.2, -0.15) is 0 Å². The van der Waals surface area contributed by atoms with Crippen molar-refractivity contribution < 1.29 is 23.5 Å². The van der Waals surface area contributed by atoms with E-state index in [9.17, 15) is 23.5 Å². The second-order valence-electron chi connectivity index (χ2n) is 5.67. The van der Waals surface area contributed by atoms with E-state index in [1.165, 1.54) is 49.4 Å². The summed E-state index contributed by atoms with van der Waals surface area (Å²) in [5, 5.41) is 14.9. The summed E-state index contributed by atoms with van der Waals surface area (Å²) >= 11 is 0. The lowest BCUT2D eigenvalue weighted by atomic mass is 10.0. The minimum Gasteiger partial charge on any atom is -0.386 e. The van der Waals surface area contributed by atoms with Crippen LogP contribution in [-0.2, 0) is 9.59 Å². The zero-order valence-corrected chi connectivity index (χ0v) is 13.7. The molecule has 132 valence electrons. The molecular formula is C18H18F2N2O3. The molecular weight excluding hydrogens is 330 g/mol. The first-order valence-corrected chi connectivity index (χ1v) is 7.59. The standard InChI is InChI=1S/C18H18F2N2O3/c1-10-9-14(20)7-8-15(10)22-18(25)17(24)21-11(2)16(23)12-3-5-13(19)6-4-12/h3-9,11,16,23H,1-2H3,(H,21,24)(H,22,25). The summed E-state index contributed by atoms with van der Waals surface area (Å²) in [7, 11) is 0. The molecule has 3 N–H and O–H groups in total. The molecule has 2 atom stereocenters. The van der Waals surface area contributed by atoms with E-state index in [4.69, 9.17) is 0 Å². The van der Waals surface area contributed by atoms with Crippen molar-refractivity contribution in [1.82, 2.24) is 5.32 Å². The van der Waals surface area contributed by atoms with Crippen LogP contribution in [0.1, 0.15) is 24.2 Å². The van der Waals surface area contributed by atoms with Gasteiger partial charge in [0.1, 0.15) is 11.6 Å². The first-order valence-electron chi connectivity index (χ1n) is 7.59. The van der Waals surface area contributed by atoms with Crippen molar-refractivity contribution in [1.29, 1.82) is 0 Å². The van der Waals surface area contributed by atoms with E-state index in [1.807, 2.05) is 0 Å². The van der Waals surface area contributed by atoms with Crippen LogP contribution >= 0.6 is 0 Å². The Hall–Kier alpha value is -2.80. The van der Waals surface area contributed by atoms with Gasteiger partial charge < -0.3 is 15.7 Å². The largest absolute Gasteiger partial charge is 0.386 e. The lowest BCUT2D eigenvalue weighted by Gasteiger charge is -2.20. The first-order chi connectivity index (χ1) is 11.8. The lowest BCUT2D eigenvalue weighted by Crippen LogP contribution is -2.43. The molecule has 0 heterocycles. The van der Waals surface area contributed by atoms with Gasteiger partial charge in [-0.3, -0.25) is 9.59 Å². The second kappa shape index (κ2) is 7.85. The van der Waals surface area contributed by atoms with Gasteiger partial charge in [0.2, 0.25) is 0 Å². The molecule has 0 radical (unpaired) electrons. The van der Waals surface area contributed by atoms with Crippen molar-refractivity contribution in [3.8, 4) is 0 Å². The second-order valence-corrected chi connectivity index (χ2v) is 5.67. The topological polar surface area (TPSA) is 78.4 Å². The van der Waals surface area contributed by atoms with Gasteiger partial charge in [-0.1, -0.05) is 12.1 Å². The Balaban J connectivity index is 1.97. The van der Waals surface area contributed by atoms with Gasteiger partial charge in [0.15, 0.2) is 0 Å². The average Bonchev–Trinajstić information content (AvgIpc) is 2.57. The van der Waals surface area contributed by atoms with Crippen molar-refractivity contribution in [3.63, 3.8) is 0 Å². The predicted octanol–water partition coefficient (Wildman–Crippen LogP) is 2.45. The highest BCUT2D eigenvalue weighted by Gasteiger charge is 2.22. The molecule has 0 saturated carbocycles. The minimum absolute atomic E-state index is 0.313. The maximum atomic E-state index is 13.0. The summed E-state index contributed by atoms with van der Waals surface area (Å²) in [4.78, 5) is 23.9. The number of aryl methyl sites for hydroxylation is 1. The van der Waals surface area contributed by atoms with Gasteiger partial charge in [0.25, 0.3) is 0 Å². The fraction of sp³-hybridized carbons (Fsp3) is 0.222. The normalized spacial score (nSPS) is 13.0. The van der Waals surface area contributed by atoms with E-state index >= 15 is 0 Å². The zero-order valence-electron chi connectivity index (χ0n) is 13.7. The molecule has 2 unspecified atom stereocenters. The number of aliphatic hydroxyl groups is 1. The van der Waals surface area contributed by atoms with Crippen molar-refractivity contribution in [2.75, 3.05) is 5.32 Å². The highest BCUT2D eigenvalue weighted by Crippen LogP contribution is 2.18. The molecule has 5 nitrogen and oxygen atoms in total. The molecule has 0 aliphatic heterocycles. The van der Waals surface area contributed by atoms with Gasteiger partial charge in [-0.05, 0) is 55.3 Å². The Morgan fingerprint density at radius 1 is 1.00 bits per heavy atom. The number of anilines is 1. The van der Waals surface area contributed by atoms with E-state index in [0.29, 0.717) is 16.8 Å². The summed E-state index contributed by atoms with van der Waals surface area (Å²) < 4.78 is 26.0. The zero-order chi connectivity index (χ0) is 18.6. The molecule has 2 amide bonds. The number of benzene rings is 2. The molecule has 2 aromatic rings. The van der Waals surface area contributed by atoms with Crippen molar-refractivity contribution in [2.24, 2.45) is 0 Å². The number of carbonyl (C=O) groups is 2. The lowest BCUT2D eigenvalue weighted by molar-refractivity contribution is -0.137. The van der Waals surface area contributed by atoms with Crippen LogP contribution < -0.4 is 10.6 Å². The Morgan fingerprint density at radius 2 is 1.60 bits per heavy atom. The van der Waals surface area contributed by atoms with Gasteiger partial charge in [0, 0.05) is 5.69 Å². The van der Waals surface area contributed by atoms with Crippen LogP contribution in [0, 0.1) is 18.6 Å². The highest BCUT2D eigenvalue weighted by molar-refractivity contribution is 6.39. The Morgan fingerprint density at radius 3 is 2.20 bits per heavy atom. The molecule has 0 fully saturated rings. The summed E-state index contributed by atoms with van der Waals surface area (Å²) in [6, 6.07) is 8.14. The molecule has 2 rings (SSSR count). The van der Waals surface area contributed by atoms with Gasteiger partial charge in [-0.15, -0.1) is 0 Å². The van der Waals surface area contributed by atoms with E-state index in [-0.39, 0.29) is 0 Å². The SMILES string of the molecule is Cc1cc(F)ccc1NC(=O)C(=O)NC(C)C(O)c1ccc(F)cc1. The maximum Gasteiger partial charge on any atom is 0.313 e. The molecule has 7 heteroatoms. The summed E-state index contributed by atoms with van der Waals surface area (Å²) in [5.41, 5.74) is 1.19. The number of nitrogens with one attached hydrogen (secondary N) is 2. The quantitative estimate of drug-likeness (QED) is 0.743. The van der Waals surface area contributed by atoms with Crippen molar-refractivity contribution in [3.05, 3.63) is 65.2 Å². The molecule has 2 aromatic carbocycles. The van der Waals surface area contributed by atoms with Gasteiger partial charge >= 0.3 is 11.8 Å². The van der Waals surface area contributed by atoms with Crippen LogP contribution in [0.4, 0.5) is 14.5 Å². The molecule has 0 aliphatic carbocycles. The summed E-state index contributed by atoms with van der Waals surface area (Å²) in [6.45, 7) is 3.11. The number of hydrogen-bond acceptors (Lipinski definition) is 3. The van der Waals surface area contributed by atoms with Crippen molar-refractivity contribution >= 4 is 17.5 Å².